The van der Waals surface area contributed by atoms with E-state index in [2.05, 4.69) is 4.98 Å². The zero-order chi connectivity index (χ0) is 22.3. The zero-order valence-corrected chi connectivity index (χ0v) is 18.2. The van der Waals surface area contributed by atoms with Gasteiger partial charge in [0.2, 0.25) is 0 Å². The van der Waals surface area contributed by atoms with Gasteiger partial charge in [-0.05, 0) is 49.6 Å². The molecule has 2 N–H and O–H groups in total. The second kappa shape index (κ2) is 7.95. The molecule has 0 spiro atoms. The number of nitrogens with one attached hydrogen (secondary N) is 1. The summed E-state index contributed by atoms with van der Waals surface area (Å²) in [5, 5.41) is 12.3. The third kappa shape index (κ3) is 3.28. The number of carbonyl (C=O) groups excluding carboxylic acids is 2. The normalized spacial score (nSPS) is 18.2. The maximum absolute atomic E-state index is 13.1. The Hall–Kier alpha value is -3.54. The van der Waals surface area contributed by atoms with Gasteiger partial charge in [0, 0.05) is 34.8 Å². The Morgan fingerprint density at radius 3 is 2.61 bits per heavy atom. The fourth-order valence-electron chi connectivity index (χ4n) is 4.40. The van der Waals surface area contributed by atoms with E-state index in [-0.39, 0.29) is 11.3 Å². The van der Waals surface area contributed by atoms with Crippen molar-refractivity contribution in [2.75, 3.05) is 13.7 Å². The van der Waals surface area contributed by atoms with Crippen molar-refractivity contribution in [1.29, 1.82) is 0 Å². The third-order valence-corrected chi connectivity index (χ3v) is 5.92. The van der Waals surface area contributed by atoms with Gasteiger partial charge in [-0.25, -0.2) is 0 Å². The number of para-hydroxylation sites is 1. The number of ketones is 1. The summed E-state index contributed by atoms with van der Waals surface area (Å²) in [5.41, 5.74) is 3.96. The number of amides is 1. The molecule has 160 valence electrons. The number of likely N-dealkylation sites (tertiary alicyclic amines) is 1. The Morgan fingerprint density at radius 1 is 1.16 bits per heavy atom. The van der Waals surface area contributed by atoms with Crippen LogP contribution in [0.25, 0.3) is 16.7 Å². The molecule has 1 aliphatic heterocycles. The minimum absolute atomic E-state index is 0.121. The number of H-pyrrole nitrogens is 1. The third-order valence-electron chi connectivity index (χ3n) is 5.92. The summed E-state index contributed by atoms with van der Waals surface area (Å²) in [5.74, 6) is -0.695. The molecule has 1 unspecified atom stereocenters. The maximum Gasteiger partial charge on any atom is 0.295 e. The van der Waals surface area contributed by atoms with Gasteiger partial charge in [0.25, 0.3) is 11.7 Å². The van der Waals surface area contributed by atoms with Gasteiger partial charge >= 0.3 is 0 Å². The molecule has 1 saturated heterocycles. The van der Waals surface area contributed by atoms with Gasteiger partial charge in [0.05, 0.1) is 18.7 Å². The van der Waals surface area contributed by atoms with Crippen LogP contribution < -0.4 is 4.74 Å². The van der Waals surface area contributed by atoms with Crippen LogP contribution in [0.15, 0.2) is 48.2 Å². The summed E-state index contributed by atoms with van der Waals surface area (Å²) < 4.78 is 5.37. The highest BCUT2D eigenvalue weighted by atomic mass is 16.5. The number of methoxy groups -OCH3 is 1. The maximum atomic E-state index is 13.1. The molecule has 0 saturated carbocycles. The van der Waals surface area contributed by atoms with Crippen molar-refractivity contribution in [3.63, 3.8) is 0 Å². The predicted molar refractivity (Wildman–Crippen MR) is 120 cm³/mol. The molecular formula is C25H26N2O4. The smallest absolute Gasteiger partial charge is 0.295 e. The molecule has 2 aromatic carbocycles. The first kappa shape index (κ1) is 20.7. The van der Waals surface area contributed by atoms with Crippen molar-refractivity contribution < 1.29 is 19.4 Å². The first-order valence-corrected chi connectivity index (χ1v) is 10.4. The lowest BCUT2D eigenvalue weighted by atomic mass is 9.93. The average molecular weight is 418 g/mol. The van der Waals surface area contributed by atoms with Gasteiger partial charge in [0.1, 0.15) is 11.5 Å². The molecule has 2 heterocycles. The van der Waals surface area contributed by atoms with E-state index in [1.165, 1.54) is 0 Å². The number of hydrogen-bond acceptors (Lipinski definition) is 4. The Kier molecular flexibility index (Phi) is 5.31. The lowest BCUT2D eigenvalue weighted by Gasteiger charge is -2.24. The Morgan fingerprint density at radius 2 is 1.90 bits per heavy atom. The van der Waals surface area contributed by atoms with Crippen LogP contribution in [0.5, 0.6) is 5.75 Å². The summed E-state index contributed by atoms with van der Waals surface area (Å²) in [7, 11) is 1.59. The standard InChI is InChI=1S/C25H26N2O4/c1-5-10-27-22(18-13-26-19-9-7-6-8-16(18)19)21(24(29)25(27)30)23(28)17-11-15(3)20(31-4)12-14(17)2/h6-9,11-13,22,26,28H,5,10H2,1-4H3/b23-21+. The van der Waals surface area contributed by atoms with Crippen molar-refractivity contribution in [1.82, 2.24) is 9.88 Å². The number of carbonyl (C=O) groups is 2. The lowest BCUT2D eigenvalue weighted by molar-refractivity contribution is -0.139. The molecule has 31 heavy (non-hydrogen) atoms. The van der Waals surface area contributed by atoms with Crippen LogP contribution in [0, 0.1) is 13.8 Å². The molecule has 1 aliphatic rings. The van der Waals surface area contributed by atoms with Crippen LogP contribution in [0.2, 0.25) is 0 Å². The number of aromatic amines is 1. The molecule has 0 aliphatic carbocycles. The van der Waals surface area contributed by atoms with Crippen molar-refractivity contribution in [3.8, 4) is 5.75 Å². The van der Waals surface area contributed by atoms with E-state index in [0.717, 1.165) is 27.6 Å². The number of rotatable bonds is 5. The van der Waals surface area contributed by atoms with Crippen LogP contribution >= 0.6 is 0 Å². The van der Waals surface area contributed by atoms with Gasteiger partial charge < -0.3 is 19.7 Å². The largest absolute Gasteiger partial charge is 0.507 e. The van der Waals surface area contributed by atoms with E-state index in [1.54, 1.807) is 18.1 Å². The highest BCUT2D eigenvalue weighted by molar-refractivity contribution is 6.46. The minimum Gasteiger partial charge on any atom is -0.507 e. The Bertz CT molecular complexity index is 1220. The molecule has 6 nitrogen and oxygen atoms in total. The van der Waals surface area contributed by atoms with Crippen molar-refractivity contribution in [3.05, 3.63) is 70.4 Å². The number of nitrogens with zero attached hydrogens (tertiary/aromatic N) is 1. The van der Waals surface area contributed by atoms with E-state index in [9.17, 15) is 14.7 Å². The number of Topliss-reactive ketones (excluding diaryl/α,β-unsaturated/α-hetero) is 1. The number of ether oxygens (including phenoxy) is 1. The van der Waals surface area contributed by atoms with Gasteiger partial charge in [0.15, 0.2) is 0 Å². The van der Waals surface area contributed by atoms with E-state index in [1.807, 2.05) is 57.3 Å². The van der Waals surface area contributed by atoms with Gasteiger partial charge in [-0.15, -0.1) is 0 Å². The highest BCUT2D eigenvalue weighted by Gasteiger charge is 2.46. The quantitative estimate of drug-likeness (QED) is 0.360. The molecule has 1 atom stereocenters. The zero-order valence-electron chi connectivity index (χ0n) is 18.2. The Balaban J connectivity index is 1.97. The molecular weight excluding hydrogens is 392 g/mol. The van der Waals surface area contributed by atoms with E-state index < -0.39 is 17.7 Å². The van der Waals surface area contributed by atoms with E-state index in [0.29, 0.717) is 24.3 Å². The molecule has 0 bridgehead atoms. The van der Waals surface area contributed by atoms with Gasteiger partial charge in [-0.1, -0.05) is 25.1 Å². The number of aliphatic hydroxyl groups excluding tert-OH is 1. The Labute approximate surface area is 181 Å². The second-order valence-electron chi connectivity index (χ2n) is 7.92. The van der Waals surface area contributed by atoms with Crippen molar-refractivity contribution in [2.45, 2.75) is 33.2 Å². The average Bonchev–Trinajstić information content (AvgIpc) is 3.29. The molecule has 1 aromatic heterocycles. The number of aliphatic hydroxyl groups is 1. The first-order chi connectivity index (χ1) is 14.9. The summed E-state index contributed by atoms with van der Waals surface area (Å²) >= 11 is 0. The number of hydrogen-bond donors (Lipinski definition) is 2. The molecule has 6 heteroatoms. The topological polar surface area (TPSA) is 82.6 Å². The first-order valence-electron chi connectivity index (χ1n) is 10.4. The highest BCUT2D eigenvalue weighted by Crippen LogP contribution is 2.42. The summed E-state index contributed by atoms with van der Waals surface area (Å²) in [6.45, 7) is 6.11. The molecule has 1 amide bonds. The van der Waals surface area contributed by atoms with E-state index in [4.69, 9.17) is 4.74 Å². The number of aromatic nitrogens is 1. The lowest BCUT2D eigenvalue weighted by Crippen LogP contribution is -2.30. The van der Waals surface area contributed by atoms with Crippen LogP contribution in [-0.2, 0) is 9.59 Å². The van der Waals surface area contributed by atoms with Crippen molar-refractivity contribution >= 4 is 28.4 Å². The second-order valence-corrected chi connectivity index (χ2v) is 7.92. The number of fused-ring (bicyclic) bond motifs is 1. The van der Waals surface area contributed by atoms with Gasteiger partial charge in [-0.2, -0.15) is 0 Å². The minimum atomic E-state index is -0.658. The van der Waals surface area contributed by atoms with Crippen LogP contribution in [0.3, 0.4) is 0 Å². The fraction of sp³-hybridized carbons (Fsp3) is 0.280. The van der Waals surface area contributed by atoms with Crippen LogP contribution in [-0.4, -0.2) is 40.3 Å². The molecule has 3 aromatic rings. The van der Waals surface area contributed by atoms with Crippen LogP contribution in [0.1, 0.15) is 41.6 Å². The predicted octanol–water partition coefficient (Wildman–Crippen LogP) is 4.63. The van der Waals surface area contributed by atoms with Crippen molar-refractivity contribution in [2.24, 2.45) is 0 Å². The summed E-state index contributed by atoms with van der Waals surface area (Å²) in [6.07, 6.45) is 2.52. The summed E-state index contributed by atoms with van der Waals surface area (Å²) in [6, 6.07) is 10.7. The molecule has 4 rings (SSSR count). The fourth-order valence-corrected chi connectivity index (χ4v) is 4.40. The van der Waals surface area contributed by atoms with Crippen LogP contribution in [0.4, 0.5) is 0 Å². The SMILES string of the molecule is CCCN1C(=O)C(=O)/C(=C(/O)c2cc(C)c(OC)cc2C)C1c1c[nH]c2ccccc12. The van der Waals surface area contributed by atoms with Gasteiger partial charge in [-0.3, -0.25) is 9.59 Å². The number of aryl methyl sites for hydroxylation is 2. The monoisotopic (exact) mass is 418 g/mol. The van der Waals surface area contributed by atoms with E-state index >= 15 is 0 Å². The molecule has 1 fully saturated rings. The molecule has 0 radical (unpaired) electrons. The number of benzene rings is 2. The summed E-state index contributed by atoms with van der Waals surface area (Å²) in [4.78, 5) is 30.8.